The lowest BCUT2D eigenvalue weighted by atomic mass is 10.0. The molecular formula is C26H53N. The van der Waals surface area contributed by atoms with Crippen LogP contribution in [0.5, 0.6) is 0 Å². The summed E-state index contributed by atoms with van der Waals surface area (Å²) in [6.07, 6.45) is 26.0. The number of allylic oxidation sites excluding steroid dienone is 1. The highest BCUT2D eigenvalue weighted by atomic mass is 15.1. The smallest absolute Gasteiger partial charge is 0.0192 e. The SMILES string of the molecule is CCCCC/C=C(\CCCCCC)CN(CCCCCC)CCCCCC. The molecule has 0 aliphatic carbocycles. The maximum absolute atomic E-state index is 2.79. The molecule has 0 atom stereocenters. The van der Waals surface area contributed by atoms with Crippen LogP contribution in [0.3, 0.4) is 0 Å². The van der Waals surface area contributed by atoms with Gasteiger partial charge in [0.05, 0.1) is 0 Å². The number of unbranched alkanes of at least 4 members (excludes halogenated alkanes) is 12. The molecule has 0 aromatic rings. The zero-order chi connectivity index (χ0) is 20.0. The molecule has 0 N–H and O–H groups in total. The van der Waals surface area contributed by atoms with Crippen LogP contribution in [0.15, 0.2) is 11.6 Å². The van der Waals surface area contributed by atoms with Crippen LogP contribution in [0, 0.1) is 0 Å². The largest absolute Gasteiger partial charge is 0.299 e. The fourth-order valence-electron chi connectivity index (χ4n) is 3.81. The number of rotatable bonds is 21. The van der Waals surface area contributed by atoms with Gasteiger partial charge in [0.2, 0.25) is 0 Å². The van der Waals surface area contributed by atoms with Crippen molar-refractivity contribution >= 4 is 0 Å². The number of nitrogens with zero attached hydrogens (tertiary/aromatic N) is 1. The van der Waals surface area contributed by atoms with Crippen molar-refractivity contribution in [3.8, 4) is 0 Å². The van der Waals surface area contributed by atoms with Crippen molar-refractivity contribution in [1.29, 1.82) is 0 Å². The average Bonchev–Trinajstić information content (AvgIpc) is 2.68. The van der Waals surface area contributed by atoms with E-state index in [1.807, 2.05) is 0 Å². The Morgan fingerprint density at radius 3 is 1.56 bits per heavy atom. The summed E-state index contributed by atoms with van der Waals surface area (Å²) in [5.74, 6) is 0. The lowest BCUT2D eigenvalue weighted by Crippen LogP contribution is -2.28. The molecule has 0 saturated carbocycles. The molecule has 0 aromatic heterocycles. The van der Waals surface area contributed by atoms with E-state index >= 15 is 0 Å². The van der Waals surface area contributed by atoms with Crippen molar-refractivity contribution < 1.29 is 0 Å². The van der Waals surface area contributed by atoms with Gasteiger partial charge in [0.25, 0.3) is 0 Å². The van der Waals surface area contributed by atoms with E-state index in [-0.39, 0.29) is 0 Å². The fourth-order valence-corrected chi connectivity index (χ4v) is 3.81. The van der Waals surface area contributed by atoms with Crippen LogP contribution < -0.4 is 0 Å². The lowest BCUT2D eigenvalue weighted by Gasteiger charge is -2.24. The minimum absolute atomic E-state index is 1.25. The summed E-state index contributed by atoms with van der Waals surface area (Å²) in [5, 5.41) is 0. The van der Waals surface area contributed by atoms with Crippen molar-refractivity contribution in [2.45, 2.75) is 137 Å². The highest BCUT2D eigenvalue weighted by molar-refractivity contribution is 5.04. The van der Waals surface area contributed by atoms with Gasteiger partial charge >= 0.3 is 0 Å². The standard InChI is InChI=1S/C26H53N/c1-5-9-13-17-21-26(22-18-14-10-6-2)25-27(23-19-15-11-7-3)24-20-16-12-8-4/h21H,5-20,22-25H2,1-4H3/b26-21+. The number of hydrogen-bond acceptors (Lipinski definition) is 1. The molecular weight excluding hydrogens is 326 g/mol. The predicted molar refractivity (Wildman–Crippen MR) is 126 cm³/mol. The third kappa shape index (κ3) is 18.8. The van der Waals surface area contributed by atoms with Gasteiger partial charge in [-0.2, -0.15) is 0 Å². The minimum atomic E-state index is 1.25. The van der Waals surface area contributed by atoms with Gasteiger partial charge in [0, 0.05) is 6.54 Å². The second-order valence-electron chi connectivity index (χ2n) is 8.57. The molecule has 0 rings (SSSR count). The summed E-state index contributed by atoms with van der Waals surface area (Å²) >= 11 is 0. The van der Waals surface area contributed by atoms with Crippen molar-refractivity contribution in [1.82, 2.24) is 4.90 Å². The Morgan fingerprint density at radius 1 is 0.556 bits per heavy atom. The van der Waals surface area contributed by atoms with Crippen LogP contribution in [0.2, 0.25) is 0 Å². The first-order chi connectivity index (χ1) is 13.3. The minimum Gasteiger partial charge on any atom is -0.299 e. The molecule has 0 heterocycles. The van der Waals surface area contributed by atoms with Gasteiger partial charge < -0.3 is 0 Å². The van der Waals surface area contributed by atoms with E-state index in [4.69, 9.17) is 0 Å². The quantitative estimate of drug-likeness (QED) is 0.142. The Bertz CT molecular complexity index is 295. The Kier molecular flexibility index (Phi) is 21.7. The summed E-state index contributed by atoms with van der Waals surface area (Å²) < 4.78 is 0. The first-order valence-electron chi connectivity index (χ1n) is 12.7. The molecule has 0 aliphatic heterocycles. The second kappa shape index (κ2) is 22.0. The van der Waals surface area contributed by atoms with Crippen molar-refractivity contribution in [3.63, 3.8) is 0 Å². The Morgan fingerprint density at radius 2 is 1.04 bits per heavy atom. The molecule has 0 aliphatic rings. The lowest BCUT2D eigenvalue weighted by molar-refractivity contribution is 0.278. The topological polar surface area (TPSA) is 3.24 Å². The maximum Gasteiger partial charge on any atom is 0.0192 e. The average molecular weight is 380 g/mol. The van der Waals surface area contributed by atoms with Crippen molar-refractivity contribution in [2.24, 2.45) is 0 Å². The van der Waals surface area contributed by atoms with Crippen LogP contribution in [0.4, 0.5) is 0 Å². The maximum atomic E-state index is 2.79. The molecule has 0 radical (unpaired) electrons. The molecule has 0 aromatic carbocycles. The van der Waals surface area contributed by atoms with Crippen LogP contribution in [0.25, 0.3) is 0 Å². The normalized spacial score (nSPS) is 12.3. The van der Waals surface area contributed by atoms with E-state index in [0.29, 0.717) is 0 Å². The van der Waals surface area contributed by atoms with Gasteiger partial charge in [-0.05, 0) is 51.6 Å². The zero-order valence-electron chi connectivity index (χ0n) is 19.7. The molecule has 0 bridgehead atoms. The van der Waals surface area contributed by atoms with Gasteiger partial charge in [-0.15, -0.1) is 0 Å². The summed E-state index contributed by atoms with van der Waals surface area (Å²) in [7, 11) is 0. The van der Waals surface area contributed by atoms with Crippen LogP contribution in [-0.2, 0) is 0 Å². The molecule has 0 spiro atoms. The summed E-state index contributed by atoms with van der Waals surface area (Å²) in [6.45, 7) is 13.1. The van der Waals surface area contributed by atoms with E-state index < -0.39 is 0 Å². The Balaban J connectivity index is 4.56. The van der Waals surface area contributed by atoms with E-state index in [9.17, 15) is 0 Å². The van der Waals surface area contributed by atoms with E-state index in [0.717, 1.165) is 0 Å². The monoisotopic (exact) mass is 379 g/mol. The van der Waals surface area contributed by atoms with Crippen molar-refractivity contribution in [3.05, 3.63) is 11.6 Å². The van der Waals surface area contributed by atoms with Gasteiger partial charge in [0.15, 0.2) is 0 Å². The van der Waals surface area contributed by atoms with Gasteiger partial charge in [-0.3, -0.25) is 4.90 Å². The number of hydrogen-bond donors (Lipinski definition) is 0. The predicted octanol–water partition coefficient (Wildman–Crippen LogP) is 8.93. The first kappa shape index (κ1) is 26.7. The van der Waals surface area contributed by atoms with Crippen LogP contribution in [-0.4, -0.2) is 24.5 Å². The van der Waals surface area contributed by atoms with Crippen LogP contribution in [0.1, 0.15) is 137 Å². The second-order valence-corrected chi connectivity index (χ2v) is 8.57. The van der Waals surface area contributed by atoms with Crippen molar-refractivity contribution in [2.75, 3.05) is 19.6 Å². The molecule has 0 saturated heterocycles. The molecule has 1 heteroatoms. The highest BCUT2D eigenvalue weighted by Crippen LogP contribution is 2.16. The van der Waals surface area contributed by atoms with Crippen LogP contribution >= 0.6 is 0 Å². The molecule has 1 nitrogen and oxygen atoms in total. The molecule has 27 heavy (non-hydrogen) atoms. The summed E-state index contributed by atoms with van der Waals surface area (Å²) in [5.41, 5.74) is 1.74. The molecule has 0 amide bonds. The van der Waals surface area contributed by atoms with Gasteiger partial charge in [-0.25, -0.2) is 0 Å². The third-order valence-corrected chi connectivity index (χ3v) is 5.67. The van der Waals surface area contributed by atoms with Gasteiger partial charge in [0.1, 0.15) is 0 Å². The third-order valence-electron chi connectivity index (χ3n) is 5.67. The van der Waals surface area contributed by atoms with Gasteiger partial charge in [-0.1, -0.05) is 110 Å². The molecule has 162 valence electrons. The zero-order valence-corrected chi connectivity index (χ0v) is 19.7. The molecule has 0 unspecified atom stereocenters. The summed E-state index contributed by atoms with van der Waals surface area (Å²) in [6, 6.07) is 0. The summed E-state index contributed by atoms with van der Waals surface area (Å²) in [4.78, 5) is 2.79. The molecule has 0 fully saturated rings. The van der Waals surface area contributed by atoms with E-state index in [1.54, 1.807) is 5.57 Å². The Hall–Kier alpha value is -0.300. The first-order valence-corrected chi connectivity index (χ1v) is 12.7. The fraction of sp³-hybridized carbons (Fsp3) is 0.923. The Labute approximate surface area is 173 Å². The van der Waals surface area contributed by atoms with E-state index in [2.05, 4.69) is 38.7 Å². The van der Waals surface area contributed by atoms with E-state index in [1.165, 1.54) is 129 Å². The highest BCUT2D eigenvalue weighted by Gasteiger charge is 2.08.